The van der Waals surface area contributed by atoms with Crippen LogP contribution in [0.4, 0.5) is 0 Å². The molecule has 3 rings (SSSR count). The van der Waals surface area contributed by atoms with Crippen molar-refractivity contribution in [3.05, 3.63) is 35.5 Å². The van der Waals surface area contributed by atoms with Crippen molar-refractivity contribution < 1.29 is 20.4 Å². The minimum absolute atomic E-state index is 0.0833. The van der Waals surface area contributed by atoms with E-state index in [0.717, 1.165) is 43.3 Å². The first-order valence-corrected chi connectivity index (χ1v) is 13.4. The van der Waals surface area contributed by atoms with Gasteiger partial charge in [-0.15, -0.1) is 0 Å². The first-order valence-electron chi connectivity index (χ1n) is 13.4. The molecule has 0 radical (unpaired) electrons. The van der Waals surface area contributed by atoms with Crippen molar-refractivity contribution in [1.82, 2.24) is 0 Å². The molecule has 4 N–H and O–H groups in total. The number of hydrogen-bond donors (Lipinski definition) is 4. The van der Waals surface area contributed by atoms with Crippen LogP contribution in [0.2, 0.25) is 0 Å². The van der Waals surface area contributed by atoms with Crippen molar-refractivity contribution >= 4 is 0 Å². The highest BCUT2D eigenvalue weighted by molar-refractivity contribution is 5.38. The first kappa shape index (κ1) is 27.2. The molecule has 0 heterocycles. The Kier molecular flexibility index (Phi) is 8.90. The van der Waals surface area contributed by atoms with Gasteiger partial charge in [-0.25, -0.2) is 0 Å². The van der Waals surface area contributed by atoms with Gasteiger partial charge in [-0.2, -0.15) is 0 Å². The summed E-state index contributed by atoms with van der Waals surface area (Å²) in [6.07, 6.45) is 10.7. The molecule has 34 heavy (non-hydrogen) atoms. The van der Waals surface area contributed by atoms with E-state index in [9.17, 15) is 20.4 Å². The molecule has 0 aromatic rings. The van der Waals surface area contributed by atoms with Crippen LogP contribution in [-0.4, -0.2) is 44.3 Å². The summed E-state index contributed by atoms with van der Waals surface area (Å²) in [4.78, 5) is 0. The lowest BCUT2D eigenvalue weighted by molar-refractivity contribution is 0.0364. The van der Waals surface area contributed by atoms with E-state index in [0.29, 0.717) is 43.9 Å². The topological polar surface area (TPSA) is 80.9 Å². The molecule has 0 aromatic carbocycles. The highest BCUT2D eigenvalue weighted by Crippen LogP contribution is 2.59. The van der Waals surface area contributed by atoms with E-state index in [1.807, 2.05) is 13.8 Å². The van der Waals surface area contributed by atoms with Gasteiger partial charge in [-0.1, -0.05) is 63.8 Å². The fourth-order valence-electron chi connectivity index (χ4n) is 6.78. The van der Waals surface area contributed by atoms with Crippen LogP contribution in [0, 0.1) is 35.0 Å². The van der Waals surface area contributed by atoms with Crippen LogP contribution in [0.15, 0.2) is 35.5 Å². The average molecular weight is 471 g/mol. The number of aliphatic hydroxyl groups is 4. The summed E-state index contributed by atoms with van der Waals surface area (Å²) < 4.78 is 0. The molecule has 0 bridgehead atoms. The molecule has 3 saturated carbocycles. The van der Waals surface area contributed by atoms with Crippen molar-refractivity contribution in [2.75, 3.05) is 0 Å². The molecule has 4 heteroatoms. The van der Waals surface area contributed by atoms with Crippen LogP contribution in [0.25, 0.3) is 0 Å². The molecule has 3 aliphatic carbocycles. The smallest absolute Gasteiger partial charge is 0.117 e. The van der Waals surface area contributed by atoms with Crippen LogP contribution in [-0.2, 0) is 0 Å². The highest BCUT2D eigenvalue weighted by atomic mass is 16.3. The number of allylic oxidation sites excluding steroid dienone is 3. The summed E-state index contributed by atoms with van der Waals surface area (Å²) in [5, 5.41) is 41.6. The van der Waals surface area contributed by atoms with E-state index in [4.69, 9.17) is 0 Å². The van der Waals surface area contributed by atoms with Crippen LogP contribution in [0.1, 0.15) is 91.9 Å². The summed E-state index contributed by atoms with van der Waals surface area (Å²) in [7, 11) is 0. The summed E-state index contributed by atoms with van der Waals surface area (Å²) in [6, 6.07) is 0. The lowest BCUT2D eigenvalue weighted by Gasteiger charge is -2.44. The summed E-state index contributed by atoms with van der Waals surface area (Å²) in [5.41, 5.74) is 2.53. The zero-order valence-corrected chi connectivity index (χ0v) is 21.7. The van der Waals surface area contributed by atoms with Gasteiger partial charge >= 0.3 is 0 Å². The molecule has 0 saturated heterocycles. The fourth-order valence-corrected chi connectivity index (χ4v) is 6.78. The van der Waals surface area contributed by atoms with Crippen molar-refractivity contribution in [3.63, 3.8) is 0 Å². The zero-order valence-electron chi connectivity index (χ0n) is 21.7. The summed E-state index contributed by atoms with van der Waals surface area (Å²) >= 11 is 0. The maximum atomic E-state index is 10.9. The third-order valence-electron chi connectivity index (χ3n) is 9.42. The number of fused-ring (bicyclic) bond motifs is 1. The average Bonchev–Trinajstić information content (AvgIpc) is 3.17. The minimum atomic E-state index is -0.756. The Balaban J connectivity index is 1.73. The molecule has 0 aliphatic heterocycles. The Labute approximate surface area is 206 Å². The fraction of sp³-hybridized carbons (Fsp3) is 0.733. The Morgan fingerprint density at radius 3 is 2.59 bits per heavy atom. The molecule has 190 valence electrons. The Morgan fingerprint density at radius 1 is 1.21 bits per heavy atom. The number of rotatable bonds is 6. The van der Waals surface area contributed by atoms with Crippen LogP contribution < -0.4 is 0 Å². The van der Waals surface area contributed by atoms with E-state index >= 15 is 0 Å². The lowest BCUT2D eigenvalue weighted by Crippen LogP contribution is -2.39. The van der Waals surface area contributed by atoms with E-state index < -0.39 is 23.9 Å². The molecule has 0 unspecified atom stereocenters. The third kappa shape index (κ3) is 5.71. The molecule has 0 aromatic heterocycles. The van der Waals surface area contributed by atoms with Crippen LogP contribution >= 0.6 is 0 Å². The standard InChI is InChI=1S/C30H46O4/c1-6-30(34,7-2)17-9-11-27(32)21(4)25-14-15-26-22(10-8-16-29(25,26)5)12-13-23-18-24(31)19-28(33)20(23)3/h12-13,21,24-28,31-34H,3,6-8,10,14-19H2,1-2,4-5H3/b22-12+,23-13+/t21-,24+,25+,26-,27+,28-,29+/m0/s1. The maximum Gasteiger partial charge on any atom is 0.117 e. The van der Waals surface area contributed by atoms with Gasteiger partial charge in [0.05, 0.1) is 17.8 Å². The SMILES string of the molecule is C=C1/C(=C/C=C2\CCC[C@]3(C)[C@@H]([C@H](C)[C@H](O)C#CCC(O)(CC)CC)CC[C@@H]23)C[C@@H](O)C[C@@H]1O. The van der Waals surface area contributed by atoms with Gasteiger partial charge in [-0.3, -0.25) is 0 Å². The van der Waals surface area contributed by atoms with Crippen molar-refractivity contribution in [2.45, 2.75) is 116 Å². The monoisotopic (exact) mass is 470 g/mol. The van der Waals surface area contributed by atoms with Crippen molar-refractivity contribution in [3.8, 4) is 11.8 Å². The maximum absolute atomic E-state index is 10.9. The summed E-state index contributed by atoms with van der Waals surface area (Å²) in [5.74, 6) is 7.11. The zero-order chi connectivity index (χ0) is 25.1. The Bertz CT molecular complexity index is 855. The van der Waals surface area contributed by atoms with Gasteiger partial charge in [0, 0.05) is 12.8 Å². The van der Waals surface area contributed by atoms with Crippen LogP contribution in [0.5, 0.6) is 0 Å². The van der Waals surface area contributed by atoms with E-state index in [2.05, 4.69) is 44.4 Å². The molecular formula is C30H46O4. The largest absolute Gasteiger partial charge is 0.393 e. The van der Waals surface area contributed by atoms with Gasteiger partial charge in [0.15, 0.2) is 0 Å². The lowest BCUT2D eigenvalue weighted by atomic mass is 9.60. The molecule has 3 fully saturated rings. The van der Waals surface area contributed by atoms with E-state index in [1.165, 1.54) is 5.57 Å². The highest BCUT2D eigenvalue weighted by Gasteiger charge is 2.51. The Hall–Kier alpha value is -1.38. The normalized spacial score (nSPS) is 36.2. The molecular weight excluding hydrogens is 424 g/mol. The third-order valence-corrected chi connectivity index (χ3v) is 9.42. The second kappa shape index (κ2) is 11.1. The molecule has 7 atom stereocenters. The van der Waals surface area contributed by atoms with Crippen molar-refractivity contribution in [2.24, 2.45) is 23.2 Å². The summed E-state index contributed by atoms with van der Waals surface area (Å²) in [6.45, 7) is 12.5. The van der Waals surface area contributed by atoms with E-state index in [1.54, 1.807) is 0 Å². The second-order valence-corrected chi connectivity index (χ2v) is 11.4. The molecule has 4 nitrogen and oxygen atoms in total. The predicted octanol–water partition coefficient (Wildman–Crippen LogP) is 5.07. The van der Waals surface area contributed by atoms with E-state index in [-0.39, 0.29) is 11.3 Å². The molecule has 0 spiro atoms. The molecule has 3 aliphatic rings. The molecule has 0 amide bonds. The van der Waals surface area contributed by atoms with Gasteiger partial charge in [0.2, 0.25) is 0 Å². The second-order valence-electron chi connectivity index (χ2n) is 11.4. The van der Waals surface area contributed by atoms with Gasteiger partial charge in [-0.05, 0) is 85.7 Å². The number of aliphatic hydroxyl groups excluding tert-OH is 3. The van der Waals surface area contributed by atoms with Gasteiger partial charge < -0.3 is 20.4 Å². The van der Waals surface area contributed by atoms with Gasteiger partial charge in [0.1, 0.15) is 6.10 Å². The minimum Gasteiger partial charge on any atom is -0.393 e. The quantitative estimate of drug-likeness (QED) is 0.409. The first-order chi connectivity index (χ1) is 16.0. The van der Waals surface area contributed by atoms with Crippen molar-refractivity contribution in [1.29, 1.82) is 0 Å². The number of hydrogen-bond acceptors (Lipinski definition) is 4. The van der Waals surface area contributed by atoms with Crippen LogP contribution in [0.3, 0.4) is 0 Å². The Morgan fingerprint density at radius 2 is 1.91 bits per heavy atom. The predicted molar refractivity (Wildman–Crippen MR) is 138 cm³/mol. The van der Waals surface area contributed by atoms with Gasteiger partial charge in [0.25, 0.3) is 0 Å².